The highest BCUT2D eigenvalue weighted by molar-refractivity contribution is 6.13. The van der Waals surface area contributed by atoms with Gasteiger partial charge in [-0.1, -0.05) is 133 Å². The average Bonchev–Trinajstić information content (AvgIpc) is 4.01. The molecule has 0 amide bonds. The molecule has 0 saturated carbocycles. The zero-order valence-electron chi connectivity index (χ0n) is 33.9. The minimum atomic E-state index is 0.592. The Labute approximate surface area is 361 Å². The average molecular weight is 806 g/mol. The topological polar surface area (TPSA) is 61.7 Å². The van der Waals surface area contributed by atoms with Crippen molar-refractivity contribution in [2.24, 2.45) is 0 Å². The van der Waals surface area contributed by atoms with Crippen molar-refractivity contribution in [2.75, 3.05) is 0 Å². The third kappa shape index (κ3) is 5.69. The maximum atomic E-state index is 6.56. The molecule has 294 valence electrons. The van der Waals surface area contributed by atoms with Crippen molar-refractivity contribution in [1.29, 1.82) is 0 Å². The van der Waals surface area contributed by atoms with Gasteiger partial charge < -0.3 is 13.6 Å². The SMILES string of the molecule is c1ccc(-c2nc(-c3ccccc3)nc(-c3ccc4c(c3)oc3ccc(-n5c6ccccc6c6cc(-c7ccc8c(c7)c7ccccc7n8-c7ccccc7)ccc65)cc34)n2)cc1. The third-order valence-electron chi connectivity index (χ3n) is 12.4. The zero-order chi connectivity index (χ0) is 41.4. The fourth-order valence-corrected chi connectivity index (χ4v) is 9.42. The number of hydrogen-bond donors (Lipinski definition) is 0. The highest BCUT2D eigenvalue weighted by Crippen LogP contribution is 2.40. The summed E-state index contributed by atoms with van der Waals surface area (Å²) in [5, 5.41) is 6.98. The molecule has 9 aromatic carbocycles. The number of benzene rings is 9. The molecule has 6 heteroatoms. The minimum absolute atomic E-state index is 0.592. The third-order valence-corrected chi connectivity index (χ3v) is 12.4. The molecular weight excluding hydrogens is 771 g/mol. The second kappa shape index (κ2) is 14.0. The van der Waals surface area contributed by atoms with Crippen LogP contribution in [0, 0.1) is 0 Å². The Kier molecular flexibility index (Phi) is 7.80. The van der Waals surface area contributed by atoms with Crippen molar-refractivity contribution in [3.63, 3.8) is 0 Å². The van der Waals surface area contributed by atoms with E-state index in [4.69, 9.17) is 19.4 Å². The van der Waals surface area contributed by atoms with Gasteiger partial charge in [0, 0.05) is 60.4 Å². The molecule has 0 bridgehead atoms. The van der Waals surface area contributed by atoms with E-state index in [0.717, 1.165) is 61.0 Å². The normalized spacial score (nSPS) is 11.8. The van der Waals surface area contributed by atoms with Crippen molar-refractivity contribution in [2.45, 2.75) is 0 Å². The van der Waals surface area contributed by atoms with Gasteiger partial charge in [-0.2, -0.15) is 0 Å². The number of aromatic nitrogens is 5. The number of para-hydroxylation sites is 3. The minimum Gasteiger partial charge on any atom is -0.456 e. The molecule has 0 saturated heterocycles. The standard InChI is InChI=1S/C57H35N5O/c1-4-14-36(15-5-1)55-58-56(37-16-6-2-7-17-37)60-57(59-55)40-24-28-45-48-35-42(27-31-53(48)63-54(45)34-40)62-50-23-13-11-21-44(50)47-33-39(26-30-52(47)62)38-25-29-51-46(32-38)43-20-10-12-22-49(43)61(51)41-18-8-3-9-19-41/h1-35H. The largest absolute Gasteiger partial charge is 0.456 e. The van der Waals surface area contributed by atoms with Gasteiger partial charge in [-0.15, -0.1) is 0 Å². The van der Waals surface area contributed by atoms with Gasteiger partial charge in [0.2, 0.25) is 0 Å². The summed E-state index contributed by atoms with van der Waals surface area (Å²) < 4.78 is 11.3. The van der Waals surface area contributed by atoms with E-state index in [-0.39, 0.29) is 0 Å². The van der Waals surface area contributed by atoms with Crippen molar-refractivity contribution in [3.8, 4) is 56.7 Å². The Hall–Kier alpha value is -8.61. The molecule has 0 spiro atoms. The Morgan fingerprint density at radius 3 is 1.33 bits per heavy atom. The van der Waals surface area contributed by atoms with Gasteiger partial charge in [0.15, 0.2) is 17.5 Å². The quantitative estimate of drug-likeness (QED) is 0.168. The van der Waals surface area contributed by atoms with E-state index in [1.54, 1.807) is 0 Å². The first-order valence-corrected chi connectivity index (χ1v) is 21.2. The summed E-state index contributed by atoms with van der Waals surface area (Å²) >= 11 is 0. The molecule has 4 aromatic heterocycles. The summed E-state index contributed by atoms with van der Waals surface area (Å²) in [6, 6.07) is 74.6. The summed E-state index contributed by atoms with van der Waals surface area (Å²) in [5.41, 5.74) is 13.6. The monoisotopic (exact) mass is 805 g/mol. The van der Waals surface area contributed by atoms with Gasteiger partial charge in [-0.3, -0.25) is 0 Å². The van der Waals surface area contributed by atoms with E-state index in [0.29, 0.717) is 17.5 Å². The van der Waals surface area contributed by atoms with Crippen molar-refractivity contribution >= 4 is 65.6 Å². The first-order chi connectivity index (χ1) is 31.2. The van der Waals surface area contributed by atoms with Gasteiger partial charge in [0.25, 0.3) is 0 Å². The molecule has 13 rings (SSSR count). The van der Waals surface area contributed by atoms with E-state index in [9.17, 15) is 0 Å². The summed E-state index contributed by atoms with van der Waals surface area (Å²) in [7, 11) is 0. The molecule has 0 aliphatic rings. The molecule has 0 N–H and O–H groups in total. The van der Waals surface area contributed by atoms with Crippen molar-refractivity contribution < 1.29 is 4.42 Å². The fourth-order valence-electron chi connectivity index (χ4n) is 9.42. The predicted octanol–water partition coefficient (Wildman–Crippen LogP) is 14.6. The molecular formula is C57H35N5O. The highest BCUT2D eigenvalue weighted by atomic mass is 16.3. The molecule has 4 heterocycles. The molecule has 0 radical (unpaired) electrons. The van der Waals surface area contributed by atoms with E-state index < -0.39 is 0 Å². The van der Waals surface area contributed by atoms with E-state index in [1.165, 1.54) is 43.7 Å². The number of nitrogens with zero attached hydrogens (tertiary/aromatic N) is 5. The number of fused-ring (bicyclic) bond motifs is 9. The smallest absolute Gasteiger partial charge is 0.164 e. The van der Waals surface area contributed by atoms with Gasteiger partial charge in [-0.05, 0) is 90.0 Å². The van der Waals surface area contributed by atoms with Gasteiger partial charge in [0.1, 0.15) is 11.2 Å². The fraction of sp³-hybridized carbons (Fsp3) is 0. The Bertz CT molecular complexity index is 3850. The summed E-state index contributed by atoms with van der Waals surface area (Å²) in [6.07, 6.45) is 0. The summed E-state index contributed by atoms with van der Waals surface area (Å²) in [6.45, 7) is 0. The Morgan fingerprint density at radius 1 is 0.270 bits per heavy atom. The van der Waals surface area contributed by atoms with Crippen LogP contribution in [0.15, 0.2) is 217 Å². The van der Waals surface area contributed by atoms with Crippen LogP contribution in [0.2, 0.25) is 0 Å². The highest BCUT2D eigenvalue weighted by Gasteiger charge is 2.19. The van der Waals surface area contributed by atoms with Crippen LogP contribution in [0.4, 0.5) is 0 Å². The summed E-state index contributed by atoms with van der Waals surface area (Å²) in [5.74, 6) is 1.84. The second-order valence-electron chi connectivity index (χ2n) is 16.0. The van der Waals surface area contributed by atoms with Gasteiger partial charge >= 0.3 is 0 Å². The lowest BCUT2D eigenvalue weighted by Crippen LogP contribution is -2.00. The first-order valence-electron chi connectivity index (χ1n) is 21.2. The Balaban J connectivity index is 0.913. The Morgan fingerprint density at radius 2 is 0.746 bits per heavy atom. The van der Waals surface area contributed by atoms with Crippen molar-refractivity contribution in [1.82, 2.24) is 24.1 Å². The molecule has 0 fully saturated rings. The second-order valence-corrected chi connectivity index (χ2v) is 16.0. The maximum Gasteiger partial charge on any atom is 0.164 e. The van der Waals surface area contributed by atoms with E-state index >= 15 is 0 Å². The van der Waals surface area contributed by atoms with Crippen LogP contribution in [-0.4, -0.2) is 24.1 Å². The van der Waals surface area contributed by atoms with Crippen LogP contribution in [0.3, 0.4) is 0 Å². The lowest BCUT2D eigenvalue weighted by atomic mass is 10.0. The van der Waals surface area contributed by atoms with E-state index in [1.807, 2.05) is 66.7 Å². The number of hydrogen-bond acceptors (Lipinski definition) is 4. The molecule has 6 nitrogen and oxygen atoms in total. The molecule has 0 aliphatic carbocycles. The van der Waals surface area contributed by atoms with Crippen LogP contribution in [0.1, 0.15) is 0 Å². The molecule has 13 aromatic rings. The van der Waals surface area contributed by atoms with Crippen LogP contribution in [-0.2, 0) is 0 Å². The van der Waals surface area contributed by atoms with Crippen LogP contribution < -0.4 is 0 Å². The van der Waals surface area contributed by atoms with Gasteiger partial charge in [0.05, 0.1) is 22.1 Å². The summed E-state index contributed by atoms with van der Waals surface area (Å²) in [4.78, 5) is 14.8. The number of furan rings is 1. The van der Waals surface area contributed by atoms with Crippen LogP contribution >= 0.6 is 0 Å². The zero-order valence-corrected chi connectivity index (χ0v) is 33.9. The first kappa shape index (κ1) is 35.2. The van der Waals surface area contributed by atoms with Crippen LogP contribution in [0.5, 0.6) is 0 Å². The number of rotatable bonds is 6. The van der Waals surface area contributed by atoms with E-state index in [2.05, 4.69) is 155 Å². The molecule has 0 atom stereocenters. The molecule has 63 heavy (non-hydrogen) atoms. The molecule has 0 unspecified atom stereocenters. The lowest BCUT2D eigenvalue weighted by molar-refractivity contribution is 0.669. The van der Waals surface area contributed by atoms with Gasteiger partial charge in [-0.25, -0.2) is 15.0 Å². The maximum absolute atomic E-state index is 6.56. The molecule has 0 aliphatic heterocycles. The predicted molar refractivity (Wildman–Crippen MR) is 258 cm³/mol. The lowest BCUT2D eigenvalue weighted by Gasteiger charge is -2.09. The van der Waals surface area contributed by atoms with Crippen molar-refractivity contribution in [3.05, 3.63) is 212 Å². The van der Waals surface area contributed by atoms with Crippen LogP contribution in [0.25, 0.3) is 122 Å².